The highest BCUT2D eigenvalue weighted by molar-refractivity contribution is 5.90. The first-order chi connectivity index (χ1) is 11.7. The Labute approximate surface area is 140 Å². The molecule has 0 bridgehead atoms. The first-order valence-corrected chi connectivity index (χ1v) is 7.60. The first kappa shape index (κ1) is 15.6. The second-order valence-corrected chi connectivity index (χ2v) is 5.32. The number of rotatable bonds is 5. The summed E-state index contributed by atoms with van der Waals surface area (Å²) in [6, 6.07) is 17.7. The largest absolute Gasteiger partial charge is 0.490 e. The van der Waals surface area contributed by atoms with E-state index in [4.69, 9.17) is 4.74 Å². The van der Waals surface area contributed by atoms with E-state index in [0.717, 1.165) is 22.3 Å². The minimum absolute atomic E-state index is 0.471. The molecule has 4 nitrogen and oxygen atoms in total. The molecule has 0 atom stereocenters. The van der Waals surface area contributed by atoms with Crippen LogP contribution >= 0.6 is 0 Å². The van der Waals surface area contributed by atoms with E-state index >= 15 is 0 Å². The molecule has 3 aromatic rings. The Bertz CT molecular complexity index is 943. The number of benzene rings is 2. The molecule has 24 heavy (non-hydrogen) atoms. The van der Waals surface area contributed by atoms with Crippen LogP contribution < -0.4 is 4.74 Å². The number of hydrogen-bond donors (Lipinski definition) is 0. The summed E-state index contributed by atoms with van der Waals surface area (Å²) in [5.74, 6) is 1.43. The first-order valence-electron chi connectivity index (χ1n) is 7.60. The summed E-state index contributed by atoms with van der Waals surface area (Å²) in [4.78, 5) is 4.57. The fraction of sp³-hybridized carbons (Fsp3) is 0.100. The molecule has 0 radical (unpaired) electrons. The molecule has 0 aliphatic carbocycles. The number of nitriles is 1. The van der Waals surface area contributed by atoms with Gasteiger partial charge in [0.1, 0.15) is 18.4 Å². The third kappa shape index (κ3) is 3.06. The molecule has 4 heteroatoms. The fourth-order valence-corrected chi connectivity index (χ4v) is 2.52. The monoisotopic (exact) mass is 315 g/mol. The van der Waals surface area contributed by atoms with Gasteiger partial charge in [0.2, 0.25) is 0 Å². The molecule has 0 aliphatic rings. The van der Waals surface area contributed by atoms with Gasteiger partial charge in [-0.15, -0.1) is 0 Å². The van der Waals surface area contributed by atoms with Crippen molar-refractivity contribution in [3.8, 4) is 11.8 Å². The number of aromatic nitrogens is 2. The molecule has 1 heterocycles. The van der Waals surface area contributed by atoms with E-state index in [0.29, 0.717) is 18.0 Å². The van der Waals surface area contributed by atoms with Crippen LogP contribution in [0.25, 0.3) is 22.7 Å². The molecular formula is C20H17N3O. The molecule has 0 fully saturated rings. The lowest BCUT2D eigenvalue weighted by Gasteiger charge is -2.04. The van der Waals surface area contributed by atoms with Crippen LogP contribution in [0, 0.1) is 11.3 Å². The molecule has 0 saturated carbocycles. The average molecular weight is 315 g/mol. The smallest absolute Gasteiger partial charge is 0.151 e. The second-order valence-electron chi connectivity index (χ2n) is 5.32. The lowest BCUT2D eigenvalue weighted by Crippen LogP contribution is -1.96. The van der Waals surface area contributed by atoms with Gasteiger partial charge in [-0.2, -0.15) is 5.26 Å². The Kier molecular flexibility index (Phi) is 4.44. The molecule has 0 saturated heterocycles. The van der Waals surface area contributed by atoms with Gasteiger partial charge < -0.3 is 9.30 Å². The highest BCUT2D eigenvalue weighted by Gasteiger charge is 2.11. The fourth-order valence-electron chi connectivity index (χ4n) is 2.52. The van der Waals surface area contributed by atoms with Gasteiger partial charge in [-0.25, -0.2) is 4.98 Å². The van der Waals surface area contributed by atoms with Crippen LogP contribution in [0.2, 0.25) is 0 Å². The topological polar surface area (TPSA) is 50.8 Å². The highest BCUT2D eigenvalue weighted by Crippen LogP contribution is 2.22. The molecule has 2 aromatic carbocycles. The Morgan fingerprint density at radius 2 is 2.00 bits per heavy atom. The van der Waals surface area contributed by atoms with Crippen molar-refractivity contribution in [1.82, 2.24) is 9.55 Å². The van der Waals surface area contributed by atoms with E-state index in [1.54, 1.807) is 6.08 Å². The summed E-state index contributed by atoms with van der Waals surface area (Å²) in [5, 5.41) is 9.55. The van der Waals surface area contributed by atoms with Crippen molar-refractivity contribution >= 4 is 22.7 Å². The number of ether oxygens (including phenoxy) is 1. The van der Waals surface area contributed by atoms with E-state index in [1.165, 1.54) is 0 Å². The SMILES string of the molecule is C=CCOc1ccc(/C=C(/C#N)c2nc3ccccc3n2C)cc1. The van der Waals surface area contributed by atoms with Crippen LogP contribution in [0.1, 0.15) is 11.4 Å². The van der Waals surface area contributed by atoms with Gasteiger partial charge in [0, 0.05) is 7.05 Å². The van der Waals surface area contributed by atoms with E-state index in [2.05, 4.69) is 17.6 Å². The Morgan fingerprint density at radius 1 is 1.25 bits per heavy atom. The van der Waals surface area contributed by atoms with Crippen molar-refractivity contribution in [3.63, 3.8) is 0 Å². The van der Waals surface area contributed by atoms with Crippen LogP contribution in [0.3, 0.4) is 0 Å². The minimum atomic E-state index is 0.471. The van der Waals surface area contributed by atoms with E-state index in [1.807, 2.05) is 66.2 Å². The van der Waals surface area contributed by atoms with Crippen molar-refractivity contribution in [2.24, 2.45) is 7.05 Å². The molecule has 118 valence electrons. The summed E-state index contributed by atoms with van der Waals surface area (Å²) in [5.41, 5.74) is 3.32. The molecule has 0 aliphatic heterocycles. The molecule has 0 unspecified atom stereocenters. The van der Waals surface area contributed by atoms with E-state index in [-0.39, 0.29) is 0 Å². The molecule has 0 spiro atoms. The Morgan fingerprint density at radius 3 is 2.67 bits per heavy atom. The van der Waals surface area contributed by atoms with Crippen LogP contribution in [-0.2, 0) is 7.05 Å². The van der Waals surface area contributed by atoms with E-state index in [9.17, 15) is 5.26 Å². The second kappa shape index (κ2) is 6.84. The van der Waals surface area contributed by atoms with Crippen LogP contribution in [0.5, 0.6) is 5.75 Å². The zero-order chi connectivity index (χ0) is 16.9. The van der Waals surface area contributed by atoms with Gasteiger partial charge in [-0.3, -0.25) is 0 Å². The standard InChI is InChI=1S/C20H17N3O/c1-3-12-24-17-10-8-15(9-11-17)13-16(14-21)20-22-18-6-4-5-7-19(18)23(20)2/h3-11,13H,1,12H2,2H3/b16-13-. The number of nitrogens with zero attached hydrogens (tertiary/aromatic N) is 3. The zero-order valence-electron chi connectivity index (χ0n) is 13.4. The number of fused-ring (bicyclic) bond motifs is 1. The molecular weight excluding hydrogens is 298 g/mol. The average Bonchev–Trinajstić information content (AvgIpc) is 2.96. The van der Waals surface area contributed by atoms with Crippen molar-refractivity contribution in [2.45, 2.75) is 0 Å². The molecule has 3 rings (SSSR count). The summed E-state index contributed by atoms with van der Waals surface area (Å²) in [6.07, 6.45) is 3.53. The number of para-hydroxylation sites is 2. The Balaban J connectivity index is 1.95. The quantitative estimate of drug-likeness (QED) is 0.523. The predicted molar refractivity (Wildman–Crippen MR) is 96.3 cm³/mol. The predicted octanol–water partition coefficient (Wildman–Crippen LogP) is 4.20. The maximum atomic E-state index is 9.55. The van der Waals surface area contributed by atoms with Crippen molar-refractivity contribution in [3.05, 3.63) is 72.6 Å². The Hall–Kier alpha value is -3.32. The highest BCUT2D eigenvalue weighted by atomic mass is 16.5. The number of allylic oxidation sites excluding steroid dienone is 1. The summed E-state index contributed by atoms with van der Waals surface area (Å²) in [6.45, 7) is 4.09. The van der Waals surface area contributed by atoms with Gasteiger partial charge in [0.25, 0.3) is 0 Å². The van der Waals surface area contributed by atoms with Gasteiger partial charge in [-0.1, -0.05) is 36.9 Å². The molecule has 0 amide bonds. The minimum Gasteiger partial charge on any atom is -0.490 e. The number of aryl methyl sites for hydroxylation is 1. The maximum absolute atomic E-state index is 9.55. The third-order valence-electron chi connectivity index (χ3n) is 3.71. The zero-order valence-corrected chi connectivity index (χ0v) is 13.4. The molecule has 1 aromatic heterocycles. The lowest BCUT2D eigenvalue weighted by molar-refractivity contribution is 0.363. The lowest BCUT2D eigenvalue weighted by atomic mass is 10.1. The van der Waals surface area contributed by atoms with Gasteiger partial charge >= 0.3 is 0 Å². The van der Waals surface area contributed by atoms with Gasteiger partial charge in [0.05, 0.1) is 16.6 Å². The summed E-state index contributed by atoms with van der Waals surface area (Å²) < 4.78 is 7.40. The maximum Gasteiger partial charge on any atom is 0.151 e. The summed E-state index contributed by atoms with van der Waals surface area (Å²) in [7, 11) is 1.92. The normalized spacial score (nSPS) is 11.2. The number of hydrogen-bond acceptors (Lipinski definition) is 3. The van der Waals surface area contributed by atoms with Crippen molar-refractivity contribution in [2.75, 3.05) is 6.61 Å². The van der Waals surface area contributed by atoms with Crippen LogP contribution in [0.4, 0.5) is 0 Å². The van der Waals surface area contributed by atoms with Crippen molar-refractivity contribution in [1.29, 1.82) is 5.26 Å². The van der Waals surface area contributed by atoms with Crippen molar-refractivity contribution < 1.29 is 4.74 Å². The molecule has 0 N–H and O–H groups in total. The van der Waals surface area contributed by atoms with E-state index < -0.39 is 0 Å². The summed E-state index contributed by atoms with van der Waals surface area (Å²) >= 11 is 0. The van der Waals surface area contributed by atoms with Gasteiger partial charge in [0.15, 0.2) is 5.82 Å². The van der Waals surface area contributed by atoms with Crippen LogP contribution in [-0.4, -0.2) is 16.2 Å². The van der Waals surface area contributed by atoms with Gasteiger partial charge in [-0.05, 0) is 35.9 Å². The number of imidazole rings is 1. The third-order valence-corrected chi connectivity index (χ3v) is 3.71. The van der Waals surface area contributed by atoms with Crippen LogP contribution in [0.15, 0.2) is 61.2 Å².